The number of hydrogen-bond donors (Lipinski definition) is 2. The number of benzene rings is 1. The molecule has 0 spiro atoms. The number of hydrogen-bond acceptors (Lipinski definition) is 11. The van der Waals surface area contributed by atoms with Crippen LogP contribution in [-0.4, -0.2) is 86.3 Å². The Bertz CT molecular complexity index is 1470. The van der Waals surface area contributed by atoms with E-state index in [2.05, 4.69) is 42.0 Å². The van der Waals surface area contributed by atoms with Gasteiger partial charge in [0.05, 0.1) is 20.0 Å². The van der Waals surface area contributed by atoms with Crippen molar-refractivity contribution < 1.29 is 31.8 Å². The van der Waals surface area contributed by atoms with E-state index in [4.69, 9.17) is 18.6 Å². The van der Waals surface area contributed by atoms with Crippen LogP contribution in [0.2, 0.25) is 0 Å². The third-order valence-corrected chi connectivity index (χ3v) is 9.66. The van der Waals surface area contributed by atoms with Crippen LogP contribution < -0.4 is 24.4 Å². The van der Waals surface area contributed by atoms with E-state index in [9.17, 15) is 13.2 Å². The van der Waals surface area contributed by atoms with Crippen molar-refractivity contribution in [1.29, 1.82) is 0 Å². The van der Waals surface area contributed by atoms with Crippen molar-refractivity contribution in [2.75, 3.05) is 49.7 Å². The molecule has 2 N–H and O–H groups in total. The van der Waals surface area contributed by atoms with Crippen molar-refractivity contribution in [2.45, 2.75) is 52.7 Å². The van der Waals surface area contributed by atoms with E-state index >= 15 is 0 Å². The lowest BCUT2D eigenvalue weighted by molar-refractivity contribution is 0.0526. The van der Waals surface area contributed by atoms with E-state index in [0.717, 1.165) is 0 Å². The second-order valence-electron chi connectivity index (χ2n) is 10.9. The summed E-state index contributed by atoms with van der Waals surface area (Å²) in [5.41, 5.74) is -0.143. The van der Waals surface area contributed by atoms with Crippen molar-refractivity contribution >= 4 is 52.2 Å². The average molecular weight is 765 g/mol. The number of rotatable bonds is 16. The number of carbonyl (C=O) groups is 1. The van der Waals surface area contributed by atoms with E-state index in [1.54, 1.807) is 55.7 Å². The Morgan fingerprint density at radius 1 is 1.14 bits per heavy atom. The van der Waals surface area contributed by atoms with Gasteiger partial charge in [-0.25, -0.2) is 17.5 Å². The maximum Gasteiger partial charge on any atom is 0.407 e. The van der Waals surface area contributed by atoms with Crippen LogP contribution in [0.15, 0.2) is 34.7 Å². The molecule has 0 aliphatic rings. The number of anilines is 1. The number of carbonyl (C=O) groups excluding carboxylic acids is 1. The Morgan fingerprint density at radius 2 is 1.82 bits per heavy atom. The van der Waals surface area contributed by atoms with Crippen molar-refractivity contribution in [2.24, 2.45) is 0 Å². The molecule has 16 heteroatoms. The van der Waals surface area contributed by atoms with Crippen LogP contribution in [0.25, 0.3) is 17.3 Å². The second-order valence-corrected chi connectivity index (χ2v) is 15.4. The van der Waals surface area contributed by atoms with Crippen LogP contribution >= 0.6 is 30.1 Å². The zero-order valence-corrected chi connectivity index (χ0v) is 29.8. The molecule has 0 unspecified atom stereocenters. The molecule has 3 rings (SSSR count). The largest absolute Gasteiger partial charge is 0.494 e. The molecule has 2 aromatic heterocycles. The lowest BCUT2D eigenvalue weighted by Gasteiger charge is -2.25. The third-order valence-electron chi connectivity index (χ3n) is 6.26. The molecule has 2 heterocycles. The molecule has 1 atom stereocenters. The van der Waals surface area contributed by atoms with E-state index in [1.165, 1.54) is 27.5 Å². The molecule has 244 valence electrons. The minimum Gasteiger partial charge on any atom is -0.494 e. The van der Waals surface area contributed by atoms with E-state index in [1.807, 2.05) is 13.8 Å². The number of amides is 1. The fourth-order valence-corrected chi connectivity index (χ4v) is 6.53. The number of ether oxygens (including phenoxy) is 3. The number of nitrogens with one attached hydrogen (secondary N) is 2. The maximum atomic E-state index is 13.9. The molecule has 0 radical (unpaired) electrons. The molecular formula is C28H41IN6O7S2. The Balaban J connectivity index is 1.89. The van der Waals surface area contributed by atoms with Crippen molar-refractivity contribution in [3.63, 3.8) is 0 Å². The van der Waals surface area contributed by atoms with Gasteiger partial charge in [-0.05, 0) is 86.5 Å². The normalized spacial score (nSPS) is 12.5. The van der Waals surface area contributed by atoms with Gasteiger partial charge in [-0.3, -0.25) is 4.57 Å². The van der Waals surface area contributed by atoms with Crippen LogP contribution in [-0.2, 0) is 14.8 Å². The first-order chi connectivity index (χ1) is 20.8. The third kappa shape index (κ3) is 9.65. The predicted molar refractivity (Wildman–Crippen MR) is 181 cm³/mol. The van der Waals surface area contributed by atoms with E-state index < -0.39 is 21.7 Å². The average Bonchev–Trinajstić information content (AvgIpc) is 3.57. The molecule has 3 aromatic rings. The molecule has 0 saturated carbocycles. The van der Waals surface area contributed by atoms with Crippen LogP contribution in [0.1, 0.15) is 39.9 Å². The van der Waals surface area contributed by atoms with E-state index in [0.29, 0.717) is 53.2 Å². The fourth-order valence-electron chi connectivity index (χ4n) is 4.24. The standard InChI is InChI=1S/C28H41IN6O7S2/c1-19(13-14-31-27(36)42-28(3,4)5)30-15-18-44(37,38)34(16-17-43-29)26-33-32-25(23-12-11-20(2)41-23)35(26)24-21(39-6)9-8-10-22(24)40-7/h8-12,19,30H,13-18H2,1-7H3,(H,31,36)/t19-/m1/s1. The summed E-state index contributed by atoms with van der Waals surface area (Å²) in [7, 11) is 0.632. The second kappa shape index (κ2) is 16.0. The number of nitrogens with zero attached hydrogens (tertiary/aromatic N) is 4. The molecule has 0 saturated heterocycles. The summed E-state index contributed by atoms with van der Waals surface area (Å²) in [6, 6.07) is 8.77. The summed E-state index contributed by atoms with van der Waals surface area (Å²) < 4.78 is 53.2. The Morgan fingerprint density at radius 3 is 2.39 bits per heavy atom. The van der Waals surface area contributed by atoms with Crippen LogP contribution in [0.3, 0.4) is 0 Å². The summed E-state index contributed by atoms with van der Waals surface area (Å²) in [5, 5.41) is 14.7. The molecular weight excluding hydrogens is 723 g/mol. The fraction of sp³-hybridized carbons (Fsp3) is 0.536. The lowest BCUT2D eigenvalue weighted by Crippen LogP contribution is -2.41. The molecule has 0 fully saturated rings. The van der Waals surface area contributed by atoms with Gasteiger partial charge in [0.15, 0.2) is 5.76 Å². The van der Waals surface area contributed by atoms with Gasteiger partial charge in [-0.15, -0.1) is 10.2 Å². The summed E-state index contributed by atoms with van der Waals surface area (Å²) >= 11 is 2.14. The van der Waals surface area contributed by atoms with Gasteiger partial charge in [0.25, 0.3) is 0 Å². The number of sulfonamides is 1. The first-order valence-electron chi connectivity index (χ1n) is 14.0. The number of aromatic nitrogens is 3. The van der Waals surface area contributed by atoms with E-state index in [-0.39, 0.29) is 30.8 Å². The maximum absolute atomic E-state index is 13.9. The topological polar surface area (TPSA) is 150 Å². The molecule has 1 aromatic carbocycles. The number of halogens is 1. The number of aryl methyl sites for hydroxylation is 1. The van der Waals surface area contributed by atoms with Gasteiger partial charge in [0.2, 0.25) is 21.8 Å². The monoisotopic (exact) mass is 764 g/mol. The molecule has 44 heavy (non-hydrogen) atoms. The first-order valence-corrected chi connectivity index (χ1v) is 19.1. The van der Waals surface area contributed by atoms with Gasteiger partial charge in [-0.1, -0.05) is 15.0 Å². The van der Waals surface area contributed by atoms with Crippen molar-refractivity contribution in [3.8, 4) is 28.8 Å². The van der Waals surface area contributed by atoms with Crippen molar-refractivity contribution in [1.82, 2.24) is 25.4 Å². The number of methoxy groups -OCH3 is 2. The molecule has 0 aliphatic heterocycles. The van der Waals surface area contributed by atoms with Gasteiger partial charge in [0, 0.05) is 31.4 Å². The zero-order chi connectivity index (χ0) is 32.5. The van der Waals surface area contributed by atoms with Gasteiger partial charge < -0.3 is 29.3 Å². The Hall–Kier alpha value is -2.70. The molecule has 13 nitrogen and oxygen atoms in total. The Labute approximate surface area is 275 Å². The lowest BCUT2D eigenvalue weighted by atomic mass is 10.2. The quantitative estimate of drug-likeness (QED) is 0.191. The summed E-state index contributed by atoms with van der Waals surface area (Å²) in [6.07, 6.45) is 0.0958. The predicted octanol–water partition coefficient (Wildman–Crippen LogP) is 4.97. The smallest absolute Gasteiger partial charge is 0.407 e. The summed E-state index contributed by atoms with van der Waals surface area (Å²) in [4.78, 5) is 11.9. The highest BCUT2D eigenvalue weighted by molar-refractivity contribution is 14.2. The molecule has 1 amide bonds. The zero-order valence-electron chi connectivity index (χ0n) is 26.0. The van der Waals surface area contributed by atoms with Gasteiger partial charge in [-0.2, -0.15) is 0 Å². The minimum atomic E-state index is -3.90. The molecule has 0 bridgehead atoms. The number of alkyl carbamates (subject to hydrolysis) is 1. The highest BCUT2D eigenvalue weighted by atomic mass is 127. The van der Waals surface area contributed by atoms with Crippen molar-refractivity contribution in [3.05, 3.63) is 36.1 Å². The minimum absolute atomic E-state index is 0.0613. The van der Waals surface area contributed by atoms with Gasteiger partial charge in [0.1, 0.15) is 28.5 Å². The summed E-state index contributed by atoms with van der Waals surface area (Å²) in [5.74, 6) is 2.62. The Kier molecular flexibility index (Phi) is 13.0. The van der Waals surface area contributed by atoms with Crippen LogP contribution in [0.5, 0.6) is 11.5 Å². The first kappa shape index (κ1) is 35.8. The van der Waals surface area contributed by atoms with Crippen LogP contribution in [0.4, 0.5) is 10.7 Å². The van der Waals surface area contributed by atoms with Gasteiger partial charge >= 0.3 is 6.09 Å². The molecule has 0 aliphatic carbocycles. The van der Waals surface area contributed by atoms with Crippen LogP contribution in [0, 0.1) is 6.92 Å². The highest BCUT2D eigenvalue weighted by Gasteiger charge is 2.32. The SMILES string of the molecule is COc1cccc(OC)c1-n1c(-c2ccc(C)o2)nnc1N(CCSI)S(=O)(=O)CCN[C@H](C)CCNC(=O)OC(C)(C)C. The number of furan rings is 1. The highest BCUT2D eigenvalue weighted by Crippen LogP contribution is 2.39. The summed E-state index contributed by atoms with van der Waals surface area (Å²) in [6.45, 7) is 9.85. The number of para-hydroxylation sites is 1.